The van der Waals surface area contributed by atoms with Crippen LogP contribution in [0, 0.1) is 0 Å². The van der Waals surface area contributed by atoms with Crippen LogP contribution in [-0.2, 0) is 16.0 Å². The molecule has 0 spiro atoms. The van der Waals surface area contributed by atoms with Gasteiger partial charge in [0, 0.05) is 12.4 Å². The second-order valence-electron chi connectivity index (χ2n) is 8.02. The van der Waals surface area contributed by atoms with E-state index in [2.05, 4.69) is 16.5 Å². The predicted octanol–water partition coefficient (Wildman–Crippen LogP) is 3.19. The fourth-order valence-electron chi connectivity index (χ4n) is 3.17. The minimum atomic E-state index is -0.550. The molecular formula is C19H24N4O4. The molecule has 1 aliphatic heterocycles. The third-order valence-corrected chi connectivity index (χ3v) is 4.52. The topological polar surface area (TPSA) is 85.2 Å². The molecular weight excluding hydrogens is 348 g/mol. The van der Waals surface area contributed by atoms with Gasteiger partial charge in [-0.1, -0.05) is 0 Å². The van der Waals surface area contributed by atoms with Crippen LogP contribution in [-0.4, -0.2) is 40.3 Å². The third-order valence-electron chi connectivity index (χ3n) is 4.52. The molecule has 0 unspecified atom stereocenters. The standard InChI is InChI=1S/C19H24N4O4/c1-19(2,3)27-17(24)20-9-14-11-22-10-13(12-4-5-12)8-15(16(22)21-14)23-6-7-26-18(23)25/h8,10-12H,4-7,9H2,1-3H3,(H,20,24). The first-order valence-corrected chi connectivity index (χ1v) is 9.23. The number of ether oxygens (including phenoxy) is 2. The fraction of sp³-hybridized carbons (Fsp3) is 0.526. The molecule has 3 heterocycles. The molecule has 1 N–H and O–H groups in total. The van der Waals surface area contributed by atoms with E-state index in [0.717, 1.165) is 18.5 Å². The van der Waals surface area contributed by atoms with Crippen LogP contribution in [0.5, 0.6) is 0 Å². The Balaban J connectivity index is 1.60. The van der Waals surface area contributed by atoms with E-state index in [1.54, 1.807) is 4.90 Å². The highest BCUT2D eigenvalue weighted by Gasteiger charge is 2.30. The summed E-state index contributed by atoms with van der Waals surface area (Å²) in [6, 6.07) is 2.04. The highest BCUT2D eigenvalue weighted by atomic mass is 16.6. The minimum Gasteiger partial charge on any atom is -0.447 e. The van der Waals surface area contributed by atoms with Crippen LogP contribution in [0.15, 0.2) is 18.5 Å². The Morgan fingerprint density at radius 2 is 2.15 bits per heavy atom. The van der Waals surface area contributed by atoms with Crippen LogP contribution in [0.4, 0.5) is 15.3 Å². The quantitative estimate of drug-likeness (QED) is 0.891. The maximum absolute atomic E-state index is 12.1. The highest BCUT2D eigenvalue weighted by molar-refractivity contribution is 5.94. The lowest BCUT2D eigenvalue weighted by Crippen LogP contribution is -2.32. The summed E-state index contributed by atoms with van der Waals surface area (Å²) in [5.41, 5.74) is 2.78. The SMILES string of the molecule is CC(C)(C)OC(=O)NCc1cn2cc(C3CC3)cc(N3CCOC3=O)c2n1. The Morgan fingerprint density at radius 3 is 2.78 bits per heavy atom. The van der Waals surface area contributed by atoms with E-state index in [4.69, 9.17) is 9.47 Å². The number of hydrogen-bond donors (Lipinski definition) is 1. The first kappa shape index (κ1) is 17.6. The number of aromatic nitrogens is 2. The van der Waals surface area contributed by atoms with Crippen LogP contribution < -0.4 is 10.2 Å². The van der Waals surface area contributed by atoms with Crippen LogP contribution in [0.25, 0.3) is 5.65 Å². The van der Waals surface area contributed by atoms with Gasteiger partial charge in [0.2, 0.25) is 0 Å². The zero-order chi connectivity index (χ0) is 19.2. The first-order valence-electron chi connectivity index (χ1n) is 9.23. The molecule has 1 saturated carbocycles. The van der Waals surface area contributed by atoms with Gasteiger partial charge in [-0.2, -0.15) is 0 Å². The lowest BCUT2D eigenvalue weighted by atomic mass is 10.1. The summed E-state index contributed by atoms with van der Waals surface area (Å²) < 4.78 is 12.3. The summed E-state index contributed by atoms with van der Waals surface area (Å²) >= 11 is 0. The molecule has 0 atom stereocenters. The van der Waals surface area contributed by atoms with Gasteiger partial charge in [0.05, 0.1) is 24.5 Å². The lowest BCUT2D eigenvalue weighted by Gasteiger charge is -2.19. The first-order chi connectivity index (χ1) is 12.8. The Hall–Kier alpha value is -2.77. The van der Waals surface area contributed by atoms with Crippen LogP contribution >= 0.6 is 0 Å². The number of alkyl carbamates (subject to hydrolysis) is 1. The van der Waals surface area contributed by atoms with Gasteiger partial charge in [-0.3, -0.25) is 4.90 Å². The third kappa shape index (κ3) is 3.84. The zero-order valence-electron chi connectivity index (χ0n) is 15.8. The summed E-state index contributed by atoms with van der Waals surface area (Å²) in [4.78, 5) is 30.2. The van der Waals surface area contributed by atoms with Crippen molar-refractivity contribution in [2.75, 3.05) is 18.1 Å². The van der Waals surface area contributed by atoms with Crippen molar-refractivity contribution in [1.29, 1.82) is 0 Å². The van der Waals surface area contributed by atoms with E-state index in [1.165, 1.54) is 5.56 Å². The van der Waals surface area contributed by atoms with E-state index >= 15 is 0 Å². The molecule has 2 aromatic heterocycles. The lowest BCUT2D eigenvalue weighted by molar-refractivity contribution is 0.0523. The number of nitrogens with one attached hydrogen (secondary N) is 1. The molecule has 27 heavy (non-hydrogen) atoms. The number of amides is 2. The summed E-state index contributed by atoms with van der Waals surface area (Å²) in [6.45, 7) is 6.60. The maximum atomic E-state index is 12.1. The van der Waals surface area contributed by atoms with Crippen LogP contribution in [0.3, 0.4) is 0 Å². The summed E-state index contributed by atoms with van der Waals surface area (Å²) in [7, 11) is 0. The molecule has 144 valence electrons. The van der Waals surface area contributed by atoms with Crippen LogP contribution in [0.2, 0.25) is 0 Å². The van der Waals surface area contributed by atoms with E-state index in [-0.39, 0.29) is 12.6 Å². The number of nitrogens with zero attached hydrogens (tertiary/aromatic N) is 3. The van der Waals surface area contributed by atoms with Gasteiger partial charge in [-0.05, 0) is 51.2 Å². The number of pyridine rings is 1. The molecule has 8 nitrogen and oxygen atoms in total. The van der Waals surface area contributed by atoms with E-state index in [9.17, 15) is 9.59 Å². The monoisotopic (exact) mass is 372 g/mol. The summed E-state index contributed by atoms with van der Waals surface area (Å²) in [5.74, 6) is 0.539. The summed E-state index contributed by atoms with van der Waals surface area (Å²) in [5, 5.41) is 2.72. The van der Waals surface area contributed by atoms with Crippen molar-refractivity contribution in [3.8, 4) is 0 Å². The van der Waals surface area contributed by atoms with Gasteiger partial charge >= 0.3 is 12.2 Å². The summed E-state index contributed by atoms with van der Waals surface area (Å²) in [6.07, 6.45) is 5.43. The fourth-order valence-corrected chi connectivity index (χ4v) is 3.17. The normalized spacial score (nSPS) is 17.3. The van der Waals surface area contributed by atoms with Gasteiger partial charge < -0.3 is 19.2 Å². The number of anilines is 1. The van der Waals surface area contributed by atoms with Gasteiger partial charge in [0.25, 0.3) is 0 Å². The molecule has 0 aromatic carbocycles. The molecule has 2 aromatic rings. The smallest absolute Gasteiger partial charge is 0.414 e. The van der Waals surface area contributed by atoms with E-state index in [0.29, 0.717) is 30.4 Å². The van der Waals surface area contributed by atoms with Crippen LogP contribution in [0.1, 0.15) is 50.8 Å². The Labute approximate surface area is 157 Å². The maximum Gasteiger partial charge on any atom is 0.414 e. The van der Waals surface area contributed by atoms with Gasteiger partial charge in [0.1, 0.15) is 12.2 Å². The molecule has 1 saturated heterocycles. The number of imidazole rings is 1. The Morgan fingerprint density at radius 1 is 1.37 bits per heavy atom. The average Bonchev–Trinajstić information content (AvgIpc) is 3.21. The van der Waals surface area contributed by atoms with Crippen molar-refractivity contribution in [3.05, 3.63) is 29.7 Å². The van der Waals surface area contributed by atoms with Crippen molar-refractivity contribution in [2.45, 2.75) is 51.7 Å². The molecule has 2 aliphatic rings. The second-order valence-corrected chi connectivity index (χ2v) is 8.02. The molecule has 0 bridgehead atoms. The average molecular weight is 372 g/mol. The Kier molecular flexibility index (Phi) is 4.20. The number of rotatable bonds is 4. The van der Waals surface area contributed by atoms with Crippen molar-refractivity contribution < 1.29 is 19.1 Å². The van der Waals surface area contributed by atoms with Crippen molar-refractivity contribution >= 4 is 23.5 Å². The molecule has 8 heteroatoms. The van der Waals surface area contributed by atoms with E-state index < -0.39 is 11.7 Å². The number of hydrogen-bond acceptors (Lipinski definition) is 5. The van der Waals surface area contributed by atoms with Gasteiger partial charge in [-0.15, -0.1) is 0 Å². The molecule has 1 aliphatic carbocycles. The predicted molar refractivity (Wildman–Crippen MR) is 98.9 cm³/mol. The number of fused-ring (bicyclic) bond motifs is 1. The van der Waals surface area contributed by atoms with Gasteiger partial charge in [0.15, 0.2) is 5.65 Å². The number of carbonyl (C=O) groups excluding carboxylic acids is 2. The number of cyclic esters (lactones) is 1. The van der Waals surface area contributed by atoms with Gasteiger partial charge in [-0.25, -0.2) is 14.6 Å². The number of carbonyl (C=O) groups is 2. The largest absolute Gasteiger partial charge is 0.447 e. The minimum absolute atomic E-state index is 0.249. The van der Waals surface area contributed by atoms with E-state index in [1.807, 2.05) is 37.4 Å². The van der Waals surface area contributed by atoms with Crippen molar-refractivity contribution in [1.82, 2.24) is 14.7 Å². The molecule has 0 radical (unpaired) electrons. The van der Waals surface area contributed by atoms with Crippen molar-refractivity contribution in [3.63, 3.8) is 0 Å². The zero-order valence-corrected chi connectivity index (χ0v) is 15.8. The molecule has 4 rings (SSSR count). The molecule has 2 amide bonds. The van der Waals surface area contributed by atoms with Crippen molar-refractivity contribution in [2.24, 2.45) is 0 Å². The second kappa shape index (κ2) is 6.44. The molecule has 2 fully saturated rings. The highest BCUT2D eigenvalue weighted by Crippen LogP contribution is 2.42. The Bertz CT molecular complexity index is 895.